The van der Waals surface area contributed by atoms with Gasteiger partial charge in [-0.1, -0.05) is 101 Å². The first-order chi connectivity index (χ1) is 16.1. The highest BCUT2D eigenvalue weighted by molar-refractivity contribution is 6.99. The summed E-state index contributed by atoms with van der Waals surface area (Å²) in [5.41, 5.74) is 0. The number of carbonyl (C=O) groups excluding carboxylic acids is 1. The summed E-state index contributed by atoms with van der Waals surface area (Å²) in [4.78, 5) is 11.3. The van der Waals surface area contributed by atoms with Gasteiger partial charge in [0.05, 0.1) is 6.10 Å². The Bertz CT molecular complexity index is 852. The van der Waals surface area contributed by atoms with E-state index in [1.54, 1.807) is 0 Å². The molecule has 0 unspecified atom stereocenters. The van der Waals surface area contributed by atoms with Crippen LogP contribution in [0.3, 0.4) is 0 Å². The van der Waals surface area contributed by atoms with Crippen LogP contribution in [0, 0.1) is 0 Å². The molecule has 0 radical (unpaired) electrons. The van der Waals surface area contributed by atoms with Gasteiger partial charge in [0.25, 0.3) is 8.32 Å². The van der Waals surface area contributed by atoms with Gasteiger partial charge in [-0.2, -0.15) is 0 Å². The summed E-state index contributed by atoms with van der Waals surface area (Å²) in [6.45, 7) is 12.9. The van der Waals surface area contributed by atoms with E-state index in [1.807, 2.05) is 13.8 Å². The second kappa shape index (κ2) is 11.3. The van der Waals surface area contributed by atoms with E-state index < -0.39 is 20.2 Å². The third-order valence-corrected chi connectivity index (χ3v) is 11.9. The SMILES string of the molecule is C[C@H](CCCCC[C@@H]1OC(C)(C)O[C@H]1C=O)O[Si](c1ccccc1)(c1ccccc1)C(C)(C)C. The average Bonchev–Trinajstić information content (AvgIpc) is 3.11. The van der Waals surface area contributed by atoms with Gasteiger partial charge in [-0.25, -0.2) is 0 Å². The van der Waals surface area contributed by atoms with Crippen molar-refractivity contribution in [2.24, 2.45) is 0 Å². The molecule has 5 heteroatoms. The van der Waals surface area contributed by atoms with E-state index in [0.29, 0.717) is 0 Å². The summed E-state index contributed by atoms with van der Waals surface area (Å²) in [7, 11) is -2.51. The monoisotopic (exact) mass is 482 g/mol. The summed E-state index contributed by atoms with van der Waals surface area (Å²) in [6, 6.07) is 21.6. The highest BCUT2D eigenvalue weighted by Gasteiger charge is 2.50. The molecule has 3 atom stereocenters. The number of hydrogen-bond acceptors (Lipinski definition) is 4. The molecule has 0 aliphatic carbocycles. The smallest absolute Gasteiger partial charge is 0.261 e. The number of aldehydes is 1. The number of rotatable bonds is 11. The number of unbranched alkanes of at least 4 members (excludes halogenated alkanes) is 2. The summed E-state index contributed by atoms with van der Waals surface area (Å²) in [5, 5.41) is 2.63. The molecule has 3 rings (SSSR count). The summed E-state index contributed by atoms with van der Waals surface area (Å²) in [6.07, 6.45) is 5.47. The van der Waals surface area contributed by atoms with Crippen LogP contribution < -0.4 is 10.4 Å². The minimum Gasteiger partial charge on any atom is -0.405 e. The van der Waals surface area contributed by atoms with Crippen LogP contribution >= 0.6 is 0 Å². The number of carbonyl (C=O) groups is 1. The standard InChI is InChI=1S/C29H42O4Si/c1-23(16-10-7-15-21-26-27(22-30)32-29(5,6)31-26)33-34(28(2,3)4,24-17-11-8-12-18-24)25-19-13-9-14-20-25/h8-9,11-14,17-20,22-23,26-27H,7,10,15-16,21H2,1-6H3/t23-,26+,27+/m1/s1. The molecule has 1 heterocycles. The zero-order valence-corrected chi connectivity index (χ0v) is 22.8. The Morgan fingerprint density at radius 3 is 2.00 bits per heavy atom. The molecule has 1 aliphatic rings. The zero-order chi connectivity index (χ0) is 24.8. The molecule has 1 saturated heterocycles. The minimum atomic E-state index is -2.51. The maximum absolute atomic E-state index is 11.3. The predicted octanol–water partition coefficient (Wildman–Crippen LogP) is 5.62. The van der Waals surface area contributed by atoms with Crippen molar-refractivity contribution in [1.82, 2.24) is 0 Å². The molecule has 0 N–H and O–H groups in total. The summed E-state index contributed by atoms with van der Waals surface area (Å²) >= 11 is 0. The number of benzene rings is 2. The zero-order valence-electron chi connectivity index (χ0n) is 21.8. The Kier molecular flexibility index (Phi) is 8.91. The van der Waals surface area contributed by atoms with Gasteiger partial charge in [0.15, 0.2) is 12.1 Å². The molecule has 0 spiro atoms. The highest BCUT2D eigenvalue weighted by atomic mass is 28.4. The quantitative estimate of drug-likeness (QED) is 0.237. The molecule has 2 aromatic carbocycles. The second-order valence-electron chi connectivity index (χ2n) is 11.0. The molecule has 1 aliphatic heterocycles. The first-order valence-corrected chi connectivity index (χ1v) is 14.6. The summed E-state index contributed by atoms with van der Waals surface area (Å²) < 4.78 is 18.7. The molecule has 2 aromatic rings. The lowest BCUT2D eigenvalue weighted by atomic mass is 10.0. The Labute approximate surface area is 207 Å². The molecule has 0 bridgehead atoms. The van der Waals surface area contributed by atoms with Crippen LogP contribution in [-0.2, 0) is 18.7 Å². The van der Waals surface area contributed by atoms with E-state index in [9.17, 15) is 4.79 Å². The largest absolute Gasteiger partial charge is 0.405 e. The van der Waals surface area contributed by atoms with Gasteiger partial charge in [-0.3, -0.25) is 0 Å². The molecule has 1 fully saturated rings. The molecule has 0 saturated carbocycles. The van der Waals surface area contributed by atoms with Crippen molar-refractivity contribution in [2.75, 3.05) is 0 Å². The van der Waals surface area contributed by atoms with E-state index in [1.165, 1.54) is 10.4 Å². The molecule has 186 valence electrons. The Morgan fingerprint density at radius 1 is 0.941 bits per heavy atom. The average molecular weight is 483 g/mol. The van der Waals surface area contributed by atoms with Crippen molar-refractivity contribution in [3.05, 3.63) is 60.7 Å². The van der Waals surface area contributed by atoms with Gasteiger partial charge >= 0.3 is 0 Å². The van der Waals surface area contributed by atoms with Crippen LogP contribution in [0.5, 0.6) is 0 Å². The van der Waals surface area contributed by atoms with E-state index in [-0.39, 0.29) is 17.2 Å². The van der Waals surface area contributed by atoms with Crippen molar-refractivity contribution < 1.29 is 18.7 Å². The third kappa shape index (κ3) is 6.25. The molecule has 4 nitrogen and oxygen atoms in total. The second-order valence-corrected chi connectivity index (χ2v) is 15.3. The predicted molar refractivity (Wildman–Crippen MR) is 141 cm³/mol. The first kappa shape index (κ1) is 26.8. The van der Waals surface area contributed by atoms with Gasteiger partial charge in [0.1, 0.15) is 6.10 Å². The topological polar surface area (TPSA) is 44.8 Å². The highest BCUT2D eigenvalue weighted by Crippen LogP contribution is 2.38. The molecular weight excluding hydrogens is 440 g/mol. The molecule has 34 heavy (non-hydrogen) atoms. The number of hydrogen-bond donors (Lipinski definition) is 0. The van der Waals surface area contributed by atoms with Gasteiger partial charge in [-0.05, 0) is 49.0 Å². The van der Waals surface area contributed by atoms with Crippen molar-refractivity contribution in [1.29, 1.82) is 0 Å². The van der Waals surface area contributed by atoms with Crippen LogP contribution in [0.2, 0.25) is 5.04 Å². The van der Waals surface area contributed by atoms with Crippen molar-refractivity contribution in [2.45, 2.75) is 103 Å². The summed E-state index contributed by atoms with van der Waals surface area (Å²) in [5.74, 6) is -0.672. The maximum atomic E-state index is 11.3. The van der Waals surface area contributed by atoms with Gasteiger partial charge in [-0.15, -0.1) is 0 Å². The van der Waals surface area contributed by atoms with Crippen LogP contribution in [0.1, 0.15) is 73.6 Å². The van der Waals surface area contributed by atoms with Crippen LogP contribution in [0.4, 0.5) is 0 Å². The first-order valence-electron chi connectivity index (χ1n) is 12.7. The number of ether oxygens (including phenoxy) is 2. The van der Waals surface area contributed by atoms with Crippen LogP contribution in [0.15, 0.2) is 60.7 Å². The lowest BCUT2D eigenvalue weighted by Crippen LogP contribution is -2.67. The molecule has 0 aromatic heterocycles. The van der Waals surface area contributed by atoms with E-state index in [4.69, 9.17) is 13.9 Å². The Balaban J connectivity index is 1.64. The van der Waals surface area contributed by atoms with Crippen molar-refractivity contribution in [3.63, 3.8) is 0 Å². The fourth-order valence-electron chi connectivity index (χ4n) is 5.21. The van der Waals surface area contributed by atoms with E-state index in [0.717, 1.165) is 38.4 Å². The lowest BCUT2D eigenvalue weighted by Gasteiger charge is -2.44. The van der Waals surface area contributed by atoms with Crippen molar-refractivity contribution >= 4 is 25.0 Å². The molecular formula is C29H42O4Si. The fourth-order valence-corrected chi connectivity index (χ4v) is 9.94. The minimum absolute atomic E-state index is 0.0135. The van der Waals surface area contributed by atoms with Gasteiger partial charge < -0.3 is 18.7 Å². The van der Waals surface area contributed by atoms with Gasteiger partial charge in [0, 0.05) is 6.10 Å². The normalized spacial score (nSPS) is 21.4. The third-order valence-electron chi connectivity index (χ3n) is 6.75. The van der Waals surface area contributed by atoms with Gasteiger partial charge in [0.2, 0.25) is 0 Å². The lowest BCUT2D eigenvalue weighted by molar-refractivity contribution is -0.150. The molecule has 0 amide bonds. The fraction of sp³-hybridized carbons (Fsp3) is 0.552. The maximum Gasteiger partial charge on any atom is 0.261 e. The Hall–Kier alpha value is -1.79. The Morgan fingerprint density at radius 2 is 1.50 bits per heavy atom. The van der Waals surface area contributed by atoms with Crippen LogP contribution in [-0.4, -0.2) is 38.7 Å². The van der Waals surface area contributed by atoms with E-state index >= 15 is 0 Å². The van der Waals surface area contributed by atoms with Crippen LogP contribution in [0.25, 0.3) is 0 Å². The van der Waals surface area contributed by atoms with E-state index in [2.05, 4.69) is 88.4 Å². The van der Waals surface area contributed by atoms with Crippen molar-refractivity contribution in [3.8, 4) is 0 Å².